The zero-order chi connectivity index (χ0) is 14.7. The molecule has 5 nitrogen and oxygen atoms in total. The first-order valence-corrected chi connectivity index (χ1v) is 6.99. The Balaban J connectivity index is 2.19. The maximum Gasteiger partial charge on any atom is 0.337 e. The lowest BCUT2D eigenvalue weighted by molar-refractivity contribution is 0.0601. The van der Waals surface area contributed by atoms with Crippen molar-refractivity contribution in [2.45, 2.75) is 19.4 Å². The van der Waals surface area contributed by atoms with E-state index in [9.17, 15) is 4.79 Å². The van der Waals surface area contributed by atoms with E-state index in [-0.39, 0.29) is 5.97 Å². The van der Waals surface area contributed by atoms with Gasteiger partial charge in [-0.1, -0.05) is 6.92 Å². The third-order valence-corrected chi connectivity index (χ3v) is 4.04. The van der Waals surface area contributed by atoms with Gasteiger partial charge in [0.1, 0.15) is 0 Å². The third-order valence-electron chi connectivity index (χ3n) is 4.04. The molecule has 1 aliphatic heterocycles. The van der Waals surface area contributed by atoms with Gasteiger partial charge >= 0.3 is 5.97 Å². The van der Waals surface area contributed by atoms with Gasteiger partial charge in [-0.2, -0.15) is 0 Å². The zero-order valence-electron chi connectivity index (χ0n) is 12.4. The molecular formula is C15H23N3O2. The summed E-state index contributed by atoms with van der Waals surface area (Å²) in [6, 6.07) is 5.93. The number of esters is 1. The molecule has 0 saturated carbocycles. The summed E-state index contributed by atoms with van der Waals surface area (Å²) in [6.07, 6.45) is 1.12. The van der Waals surface area contributed by atoms with Crippen molar-refractivity contribution >= 4 is 17.3 Å². The normalized spacial score (nSPS) is 19.9. The average Bonchev–Trinajstić information content (AvgIpc) is 2.47. The summed E-state index contributed by atoms with van der Waals surface area (Å²) in [5, 5.41) is 0. The molecule has 2 rings (SSSR count). The lowest BCUT2D eigenvalue weighted by Gasteiger charge is -2.40. The number of hydrogen-bond acceptors (Lipinski definition) is 5. The number of piperazine rings is 1. The van der Waals surface area contributed by atoms with E-state index >= 15 is 0 Å². The molecule has 1 heterocycles. The second-order valence-electron chi connectivity index (χ2n) is 5.25. The molecule has 1 aliphatic rings. The number of carbonyl (C=O) groups excluding carboxylic acids is 1. The smallest absolute Gasteiger partial charge is 0.337 e. The van der Waals surface area contributed by atoms with Gasteiger partial charge in [0.15, 0.2) is 0 Å². The van der Waals surface area contributed by atoms with Crippen molar-refractivity contribution in [1.82, 2.24) is 4.90 Å². The summed E-state index contributed by atoms with van der Waals surface area (Å²) in [5.41, 5.74) is 8.23. The first-order chi connectivity index (χ1) is 9.56. The Kier molecular flexibility index (Phi) is 4.49. The summed E-state index contributed by atoms with van der Waals surface area (Å²) in [7, 11) is 3.54. The van der Waals surface area contributed by atoms with E-state index in [2.05, 4.69) is 23.8 Å². The van der Waals surface area contributed by atoms with Gasteiger partial charge in [0.2, 0.25) is 0 Å². The first kappa shape index (κ1) is 14.7. The van der Waals surface area contributed by atoms with Gasteiger partial charge in [-0.15, -0.1) is 0 Å². The Morgan fingerprint density at radius 1 is 1.45 bits per heavy atom. The number of nitrogen functional groups attached to an aromatic ring is 1. The predicted octanol–water partition coefficient (Wildman–Crippen LogP) is 1.59. The number of nitrogens with two attached hydrogens (primary N) is 1. The van der Waals surface area contributed by atoms with Crippen LogP contribution in [0.3, 0.4) is 0 Å². The van der Waals surface area contributed by atoms with Crippen LogP contribution < -0.4 is 10.6 Å². The van der Waals surface area contributed by atoms with E-state index in [1.54, 1.807) is 12.1 Å². The average molecular weight is 277 g/mol. The fourth-order valence-electron chi connectivity index (χ4n) is 2.69. The summed E-state index contributed by atoms with van der Waals surface area (Å²) >= 11 is 0. The third kappa shape index (κ3) is 2.88. The molecule has 0 aromatic heterocycles. The maximum absolute atomic E-state index is 11.5. The number of benzene rings is 1. The zero-order valence-corrected chi connectivity index (χ0v) is 12.4. The number of carbonyl (C=O) groups is 1. The minimum Gasteiger partial charge on any atom is -0.465 e. The topological polar surface area (TPSA) is 58.8 Å². The van der Waals surface area contributed by atoms with Gasteiger partial charge in [0, 0.05) is 25.7 Å². The van der Waals surface area contributed by atoms with Gasteiger partial charge in [-0.05, 0) is 31.7 Å². The van der Waals surface area contributed by atoms with Crippen molar-refractivity contribution in [2.75, 3.05) is 44.4 Å². The fraction of sp³-hybridized carbons (Fsp3) is 0.533. The highest BCUT2D eigenvalue weighted by Crippen LogP contribution is 2.27. The molecule has 1 aromatic rings. The second-order valence-corrected chi connectivity index (χ2v) is 5.25. The number of ether oxygens (including phenoxy) is 1. The number of hydrogen-bond donors (Lipinski definition) is 1. The van der Waals surface area contributed by atoms with E-state index in [0.29, 0.717) is 17.3 Å². The highest BCUT2D eigenvalue weighted by molar-refractivity contribution is 5.92. The number of methoxy groups -OCH3 is 1. The molecule has 1 fully saturated rings. The van der Waals surface area contributed by atoms with Crippen molar-refractivity contribution in [3.8, 4) is 0 Å². The standard InChI is InChI=1S/C15H23N3O2/c1-4-12-10-18(8-7-17(12)2)14-6-5-11(9-13(14)16)15(19)20-3/h5-6,9,12H,4,7-8,10,16H2,1-3H3. The molecule has 110 valence electrons. The predicted molar refractivity (Wildman–Crippen MR) is 81.1 cm³/mol. The van der Waals surface area contributed by atoms with Gasteiger partial charge in [0.05, 0.1) is 24.0 Å². The Labute approximate surface area is 120 Å². The van der Waals surface area contributed by atoms with E-state index < -0.39 is 0 Å². The molecule has 2 N–H and O–H groups in total. The van der Waals surface area contributed by atoms with E-state index in [1.807, 2.05) is 6.07 Å². The summed E-state index contributed by atoms with van der Waals surface area (Å²) < 4.78 is 4.71. The summed E-state index contributed by atoms with van der Waals surface area (Å²) in [6.45, 7) is 5.15. The summed E-state index contributed by atoms with van der Waals surface area (Å²) in [4.78, 5) is 16.2. The SMILES string of the molecule is CCC1CN(c2ccc(C(=O)OC)cc2N)CCN1C. The molecular weight excluding hydrogens is 254 g/mol. The van der Waals surface area contributed by atoms with Crippen LogP contribution in [0.5, 0.6) is 0 Å². The van der Waals surface area contributed by atoms with E-state index in [0.717, 1.165) is 31.7 Å². The number of likely N-dealkylation sites (N-methyl/N-ethyl adjacent to an activating group) is 1. The van der Waals surface area contributed by atoms with Crippen LogP contribution in [0.15, 0.2) is 18.2 Å². The number of nitrogens with zero attached hydrogens (tertiary/aromatic N) is 2. The van der Waals surface area contributed by atoms with Crippen LogP contribution in [0.1, 0.15) is 23.7 Å². The highest BCUT2D eigenvalue weighted by Gasteiger charge is 2.24. The van der Waals surface area contributed by atoms with Crippen molar-refractivity contribution in [3.05, 3.63) is 23.8 Å². The second kappa shape index (κ2) is 6.13. The molecule has 1 atom stereocenters. The quantitative estimate of drug-likeness (QED) is 0.671. The molecule has 0 spiro atoms. The molecule has 0 aliphatic carbocycles. The molecule has 20 heavy (non-hydrogen) atoms. The Hall–Kier alpha value is -1.75. The largest absolute Gasteiger partial charge is 0.465 e. The van der Waals surface area contributed by atoms with Crippen LogP contribution in [-0.2, 0) is 4.74 Å². The number of anilines is 2. The molecule has 0 bridgehead atoms. The van der Waals surface area contributed by atoms with Gasteiger partial charge in [-0.3, -0.25) is 4.90 Å². The highest BCUT2D eigenvalue weighted by atomic mass is 16.5. The van der Waals surface area contributed by atoms with Crippen molar-refractivity contribution in [3.63, 3.8) is 0 Å². The van der Waals surface area contributed by atoms with Crippen molar-refractivity contribution in [1.29, 1.82) is 0 Å². The molecule has 1 saturated heterocycles. The minimum absolute atomic E-state index is 0.354. The van der Waals surface area contributed by atoms with Crippen LogP contribution >= 0.6 is 0 Å². The lowest BCUT2D eigenvalue weighted by atomic mass is 10.1. The fourth-order valence-corrected chi connectivity index (χ4v) is 2.69. The lowest BCUT2D eigenvalue weighted by Crippen LogP contribution is -2.51. The van der Waals surface area contributed by atoms with E-state index in [1.165, 1.54) is 7.11 Å². The van der Waals surface area contributed by atoms with Crippen LogP contribution in [0.2, 0.25) is 0 Å². The summed E-state index contributed by atoms with van der Waals surface area (Å²) in [5.74, 6) is -0.354. The molecule has 1 unspecified atom stereocenters. The molecule has 0 amide bonds. The monoisotopic (exact) mass is 277 g/mol. The first-order valence-electron chi connectivity index (χ1n) is 6.99. The molecule has 0 radical (unpaired) electrons. The maximum atomic E-state index is 11.5. The van der Waals surface area contributed by atoms with Gasteiger partial charge in [-0.25, -0.2) is 4.79 Å². The molecule has 1 aromatic carbocycles. The van der Waals surface area contributed by atoms with Gasteiger partial charge < -0.3 is 15.4 Å². The minimum atomic E-state index is -0.354. The van der Waals surface area contributed by atoms with E-state index in [4.69, 9.17) is 10.5 Å². The van der Waals surface area contributed by atoms with Gasteiger partial charge in [0.25, 0.3) is 0 Å². The molecule has 5 heteroatoms. The Morgan fingerprint density at radius 2 is 2.20 bits per heavy atom. The van der Waals surface area contributed by atoms with Crippen LogP contribution in [0, 0.1) is 0 Å². The Morgan fingerprint density at radius 3 is 2.80 bits per heavy atom. The van der Waals surface area contributed by atoms with Crippen LogP contribution in [-0.4, -0.2) is 50.7 Å². The van der Waals surface area contributed by atoms with Crippen molar-refractivity contribution in [2.24, 2.45) is 0 Å². The van der Waals surface area contributed by atoms with Crippen molar-refractivity contribution < 1.29 is 9.53 Å². The van der Waals surface area contributed by atoms with Crippen LogP contribution in [0.25, 0.3) is 0 Å². The van der Waals surface area contributed by atoms with Crippen LogP contribution in [0.4, 0.5) is 11.4 Å². The number of rotatable bonds is 3. The Bertz CT molecular complexity index is 490.